The molecule has 4 aromatic heterocycles. The molecule has 0 aromatic carbocycles. The molecule has 4 aromatic rings. The molecule has 0 spiro atoms. The van der Waals surface area contributed by atoms with Crippen LogP contribution in [0, 0.1) is 0 Å². The standard InChI is InChI=1S/C20H22FN9O11P2S3/c21-7-10-6(39-17(7)29-4-26-8-13(22)24-3-25-14(8)29)2-37-43(35,45)41-11-9(31)5(1-36-42(34,44)40-10)38-18(11)30-15-12(46-20(30)33)16(32)28-19(23)27-15/h3-7,9-11,17-18,31H,1-2H2,(H,34,44)(H,35,45)(H2,22,24,25)(H3,23,27,28,32)/t5-,6-,7-,9-,10-,11-,17-,18-,42?,43?/m1/s1. The van der Waals surface area contributed by atoms with E-state index in [9.17, 15) is 24.2 Å². The Hall–Kier alpha value is -2.44. The number of hydrogen-bond donors (Lipinski definition) is 6. The molecule has 3 aliphatic heterocycles. The van der Waals surface area contributed by atoms with Crippen molar-refractivity contribution >= 4 is 82.2 Å². The Morgan fingerprint density at radius 1 is 1.09 bits per heavy atom. The lowest BCUT2D eigenvalue weighted by atomic mass is 10.1. The van der Waals surface area contributed by atoms with Crippen LogP contribution in [0.4, 0.5) is 16.2 Å². The summed E-state index contributed by atoms with van der Waals surface area (Å²) < 4.78 is 65.1. The van der Waals surface area contributed by atoms with E-state index in [1.807, 2.05) is 0 Å². The molecule has 7 heterocycles. The summed E-state index contributed by atoms with van der Waals surface area (Å²) >= 11 is 9.68. The molecule has 0 aliphatic carbocycles. The number of H-pyrrole nitrogens is 1. The number of aromatic nitrogens is 7. The van der Waals surface area contributed by atoms with Crippen LogP contribution in [-0.4, -0.2) is 94.0 Å². The van der Waals surface area contributed by atoms with Gasteiger partial charge in [0, 0.05) is 0 Å². The van der Waals surface area contributed by atoms with Gasteiger partial charge in [0.05, 0.1) is 19.5 Å². The van der Waals surface area contributed by atoms with Crippen LogP contribution in [0.1, 0.15) is 12.5 Å². The number of anilines is 2. The highest BCUT2D eigenvalue weighted by Gasteiger charge is 2.53. The Bertz CT molecular complexity index is 2060. The molecule has 10 atom stereocenters. The number of imidazole rings is 1. The second-order valence-electron chi connectivity index (χ2n) is 10.2. The van der Waals surface area contributed by atoms with Crippen molar-refractivity contribution in [2.45, 2.75) is 49.1 Å². The van der Waals surface area contributed by atoms with Crippen LogP contribution >= 0.6 is 37.1 Å². The molecule has 3 saturated heterocycles. The van der Waals surface area contributed by atoms with Crippen LogP contribution in [0.25, 0.3) is 21.5 Å². The number of hydrogen-bond acceptors (Lipinski definition) is 18. The predicted molar refractivity (Wildman–Crippen MR) is 162 cm³/mol. The van der Waals surface area contributed by atoms with Crippen LogP contribution in [0.5, 0.6) is 0 Å². The van der Waals surface area contributed by atoms with Crippen LogP contribution in [0.15, 0.2) is 22.2 Å². The van der Waals surface area contributed by atoms with Crippen LogP contribution < -0.4 is 21.9 Å². The van der Waals surface area contributed by atoms with Gasteiger partial charge in [0.2, 0.25) is 5.95 Å². The van der Waals surface area contributed by atoms with Crippen molar-refractivity contribution in [3.63, 3.8) is 0 Å². The minimum Gasteiger partial charge on any atom is -0.387 e. The second kappa shape index (κ2) is 11.6. The zero-order valence-electron chi connectivity index (χ0n) is 22.6. The van der Waals surface area contributed by atoms with Crippen molar-refractivity contribution in [2.75, 3.05) is 24.7 Å². The van der Waals surface area contributed by atoms with Crippen molar-refractivity contribution < 1.29 is 46.5 Å². The Morgan fingerprint density at radius 3 is 2.61 bits per heavy atom. The van der Waals surface area contributed by atoms with Gasteiger partial charge in [0.25, 0.3) is 5.56 Å². The highest BCUT2D eigenvalue weighted by molar-refractivity contribution is 8.44. The van der Waals surface area contributed by atoms with E-state index in [0.29, 0.717) is 11.3 Å². The van der Waals surface area contributed by atoms with Crippen molar-refractivity contribution in [3.05, 3.63) is 32.7 Å². The minimum absolute atomic E-state index is 0.0341. The number of nitrogens with one attached hydrogen (secondary N) is 1. The number of nitrogens with zero attached hydrogens (tertiary/aromatic N) is 6. The van der Waals surface area contributed by atoms with Gasteiger partial charge in [0.1, 0.15) is 47.1 Å². The molecular formula is C20H22FN9O11P2S3. The SMILES string of the molecule is Nc1nc2c(sc(=O)n2[C@@H]2O[C@@H]3COP(=O)(S)O[C@H]4[C@@H](F)[C@H](n5cnc6c(N)ncnc65)O[C@@H]4COP(O)(=S)O[C@@H]2[C@@H]3O)c(=O)[nH]1. The topological polar surface area (TPSA) is 276 Å². The predicted octanol–water partition coefficient (Wildman–Crippen LogP) is -0.284. The number of alkyl halides is 1. The van der Waals surface area contributed by atoms with Gasteiger partial charge in [-0.1, -0.05) is 23.6 Å². The molecule has 26 heteroatoms. The van der Waals surface area contributed by atoms with Crippen molar-refractivity contribution in [1.29, 1.82) is 0 Å². The normalized spacial score (nSPS) is 37.1. The lowest BCUT2D eigenvalue weighted by Gasteiger charge is -2.27. The Kier molecular flexibility index (Phi) is 8.11. The zero-order valence-corrected chi connectivity index (χ0v) is 26.9. The smallest absolute Gasteiger partial charge is 0.386 e. The molecule has 248 valence electrons. The lowest BCUT2D eigenvalue weighted by Crippen LogP contribution is -2.36. The van der Waals surface area contributed by atoms with E-state index >= 15 is 4.39 Å². The van der Waals surface area contributed by atoms with Gasteiger partial charge in [-0.3, -0.25) is 37.3 Å². The van der Waals surface area contributed by atoms with Gasteiger partial charge in [-0.25, -0.2) is 23.9 Å². The number of thiol groups is 1. The number of thiazole rings is 1. The molecule has 2 bridgehead atoms. The molecule has 3 aliphatic rings. The average molecular weight is 742 g/mol. The summed E-state index contributed by atoms with van der Waals surface area (Å²) in [5, 5.41) is 11.1. The van der Waals surface area contributed by atoms with Crippen molar-refractivity contribution in [1.82, 2.24) is 34.1 Å². The molecule has 0 amide bonds. The van der Waals surface area contributed by atoms with Crippen molar-refractivity contribution in [2.24, 2.45) is 0 Å². The number of aromatic amines is 1. The Morgan fingerprint density at radius 2 is 1.83 bits per heavy atom. The van der Waals surface area contributed by atoms with Crippen molar-refractivity contribution in [3.8, 4) is 0 Å². The highest BCUT2D eigenvalue weighted by atomic mass is 32.7. The van der Waals surface area contributed by atoms with Crippen LogP contribution in [0.2, 0.25) is 0 Å². The van der Waals surface area contributed by atoms with Gasteiger partial charge < -0.3 is 35.5 Å². The fraction of sp³-hybridized carbons (Fsp3) is 0.500. The molecule has 0 radical (unpaired) electrons. The Labute approximate surface area is 268 Å². The minimum atomic E-state index is -4.46. The summed E-state index contributed by atoms with van der Waals surface area (Å²) in [6.07, 6.45) is -10.5. The maximum Gasteiger partial charge on any atom is 0.386 e. The summed E-state index contributed by atoms with van der Waals surface area (Å²) in [7, 11) is 0. The molecule has 46 heavy (non-hydrogen) atoms. The summed E-state index contributed by atoms with van der Waals surface area (Å²) in [5.41, 5.74) is 10.9. The maximum absolute atomic E-state index is 16.0. The summed E-state index contributed by atoms with van der Waals surface area (Å²) in [6.45, 7) is -10.2. The fourth-order valence-electron chi connectivity index (χ4n) is 5.29. The summed E-state index contributed by atoms with van der Waals surface area (Å²) in [6, 6.07) is 0. The second-order valence-corrected chi connectivity index (χ2v) is 16.8. The number of nitrogen functional groups attached to an aromatic ring is 2. The highest BCUT2D eigenvalue weighted by Crippen LogP contribution is 2.58. The molecule has 7 N–H and O–H groups in total. The summed E-state index contributed by atoms with van der Waals surface area (Å²) in [5.74, 6) is -0.284. The largest absolute Gasteiger partial charge is 0.387 e. The maximum atomic E-state index is 16.0. The van der Waals surface area contributed by atoms with E-state index < -0.39 is 86.3 Å². The number of ether oxygens (including phenoxy) is 2. The molecule has 0 saturated carbocycles. The Balaban J connectivity index is 1.22. The van der Waals surface area contributed by atoms with E-state index in [-0.39, 0.29) is 33.3 Å². The number of aliphatic hydroxyl groups excluding tert-OH is 1. The van der Waals surface area contributed by atoms with E-state index in [4.69, 9.17) is 50.8 Å². The molecule has 3 fully saturated rings. The van der Waals surface area contributed by atoms with E-state index in [0.717, 1.165) is 10.9 Å². The van der Waals surface area contributed by atoms with Crippen LogP contribution in [-0.2, 0) is 43.9 Å². The molecular weight excluding hydrogens is 719 g/mol. The molecule has 20 nitrogen and oxygen atoms in total. The molecule has 7 rings (SSSR count). The number of aliphatic hydroxyl groups is 1. The fourth-order valence-corrected chi connectivity index (χ4v) is 9.02. The first-order valence-electron chi connectivity index (χ1n) is 13.0. The van der Waals surface area contributed by atoms with Gasteiger partial charge in [0.15, 0.2) is 35.7 Å². The van der Waals surface area contributed by atoms with Crippen LogP contribution in [0.3, 0.4) is 0 Å². The van der Waals surface area contributed by atoms with Gasteiger partial charge in [-0.2, -0.15) is 4.98 Å². The average Bonchev–Trinajstić information content (AvgIpc) is 3.71. The first kappa shape index (κ1) is 32.1. The molecule has 2 unspecified atom stereocenters. The van der Waals surface area contributed by atoms with E-state index in [1.54, 1.807) is 0 Å². The van der Waals surface area contributed by atoms with Gasteiger partial charge in [-0.15, -0.1) is 0 Å². The number of nitrogens with two attached hydrogens (primary N) is 2. The van der Waals surface area contributed by atoms with Gasteiger partial charge in [-0.05, 0) is 11.8 Å². The first-order valence-corrected chi connectivity index (χ1v) is 19.1. The third-order valence-corrected chi connectivity index (χ3v) is 11.4. The monoisotopic (exact) mass is 741 g/mol. The zero-order chi connectivity index (χ0) is 32.7. The third-order valence-electron chi connectivity index (χ3n) is 7.30. The quantitative estimate of drug-likeness (QED) is 0.114. The van der Waals surface area contributed by atoms with E-state index in [2.05, 4.69) is 37.2 Å². The number of rotatable bonds is 2. The third kappa shape index (κ3) is 5.59. The van der Waals surface area contributed by atoms with Gasteiger partial charge >= 0.3 is 18.4 Å². The summed E-state index contributed by atoms with van der Waals surface area (Å²) in [4.78, 5) is 54.0. The number of halogens is 1. The lowest BCUT2D eigenvalue weighted by molar-refractivity contribution is -0.0591. The van der Waals surface area contributed by atoms with E-state index in [1.165, 1.54) is 10.9 Å². The first-order chi connectivity index (χ1) is 21.7. The number of fused-ring (bicyclic) bond motifs is 5.